The molecule has 1 aliphatic rings. The van der Waals surface area contributed by atoms with Crippen molar-refractivity contribution in [2.45, 2.75) is 44.2 Å². The largest absolute Gasteiger partial charge is 0.414 e. The van der Waals surface area contributed by atoms with E-state index in [0.717, 1.165) is 6.92 Å². The molecule has 0 spiro atoms. The van der Waals surface area contributed by atoms with E-state index in [1.165, 1.54) is 0 Å². The van der Waals surface area contributed by atoms with Crippen LogP contribution in [0.2, 0.25) is 0 Å². The molecule has 2 N–H and O–H groups in total. The molecule has 1 rings (SSSR count). The summed E-state index contributed by atoms with van der Waals surface area (Å²) in [5.41, 5.74) is 5.39. The zero-order chi connectivity index (χ0) is 9.35. The molecule has 12 heavy (non-hydrogen) atoms. The van der Waals surface area contributed by atoms with Crippen molar-refractivity contribution >= 4 is 0 Å². The van der Waals surface area contributed by atoms with E-state index in [0.29, 0.717) is 12.8 Å². The summed E-state index contributed by atoms with van der Waals surface area (Å²) in [5, 5.41) is 0. The summed E-state index contributed by atoms with van der Waals surface area (Å²) in [6.07, 6.45) is -5.13. The van der Waals surface area contributed by atoms with Gasteiger partial charge in [0.15, 0.2) is 6.10 Å². The molecule has 0 aliphatic heterocycles. The highest BCUT2D eigenvalue weighted by atomic mass is 19.4. The molecule has 5 heteroatoms. The quantitative estimate of drug-likeness (QED) is 0.703. The maximum Gasteiger partial charge on any atom is 0.414 e. The van der Waals surface area contributed by atoms with Gasteiger partial charge in [-0.25, -0.2) is 0 Å². The first-order valence-electron chi connectivity index (χ1n) is 3.87. The van der Waals surface area contributed by atoms with Crippen molar-refractivity contribution in [3.8, 4) is 0 Å². The van der Waals surface area contributed by atoms with E-state index in [1.807, 2.05) is 0 Å². The second-order valence-electron chi connectivity index (χ2n) is 3.17. The van der Waals surface area contributed by atoms with Gasteiger partial charge in [0.05, 0.1) is 6.10 Å². The van der Waals surface area contributed by atoms with Crippen LogP contribution in [0.25, 0.3) is 0 Å². The van der Waals surface area contributed by atoms with E-state index in [2.05, 4.69) is 0 Å². The smallest absolute Gasteiger partial charge is 0.366 e. The fraction of sp³-hybridized carbons (Fsp3) is 1.00. The number of rotatable bonds is 2. The van der Waals surface area contributed by atoms with Gasteiger partial charge in [0.1, 0.15) is 0 Å². The van der Waals surface area contributed by atoms with Gasteiger partial charge in [-0.1, -0.05) is 0 Å². The summed E-state index contributed by atoms with van der Waals surface area (Å²) in [6, 6.07) is 0.0235. The Kier molecular flexibility index (Phi) is 2.63. The van der Waals surface area contributed by atoms with Crippen LogP contribution in [0, 0.1) is 0 Å². The van der Waals surface area contributed by atoms with Gasteiger partial charge in [0.25, 0.3) is 0 Å². The Morgan fingerprint density at radius 2 is 1.92 bits per heavy atom. The molecule has 0 saturated heterocycles. The van der Waals surface area contributed by atoms with E-state index < -0.39 is 12.3 Å². The first kappa shape index (κ1) is 9.80. The van der Waals surface area contributed by atoms with Crippen molar-refractivity contribution < 1.29 is 17.9 Å². The third kappa shape index (κ3) is 2.35. The fourth-order valence-corrected chi connectivity index (χ4v) is 1.08. The van der Waals surface area contributed by atoms with Gasteiger partial charge in [0.2, 0.25) is 0 Å². The molecule has 0 aromatic heterocycles. The average Bonchev–Trinajstić information content (AvgIpc) is 1.82. The Bertz CT molecular complexity index is 153. The molecular weight excluding hydrogens is 171 g/mol. The Balaban J connectivity index is 2.23. The fourth-order valence-electron chi connectivity index (χ4n) is 1.08. The van der Waals surface area contributed by atoms with Crippen LogP contribution in [0.15, 0.2) is 0 Å². The standard InChI is InChI=1S/C7H12F3NO/c1-4(7(8,9)10)12-6-2-5(11)3-6/h4-6H,2-3,11H2,1H3. The van der Waals surface area contributed by atoms with Crippen molar-refractivity contribution in [2.75, 3.05) is 0 Å². The molecule has 0 bridgehead atoms. The van der Waals surface area contributed by atoms with E-state index in [1.54, 1.807) is 0 Å². The lowest BCUT2D eigenvalue weighted by atomic mass is 9.90. The molecular formula is C7H12F3NO. The molecule has 0 radical (unpaired) electrons. The predicted molar refractivity (Wildman–Crippen MR) is 37.6 cm³/mol. The summed E-state index contributed by atoms with van der Waals surface area (Å²) >= 11 is 0. The van der Waals surface area contributed by atoms with Crippen LogP contribution < -0.4 is 5.73 Å². The maximum absolute atomic E-state index is 11.9. The van der Waals surface area contributed by atoms with Crippen molar-refractivity contribution in [2.24, 2.45) is 5.73 Å². The Labute approximate surface area is 68.9 Å². The lowest BCUT2D eigenvalue weighted by molar-refractivity contribution is -0.234. The minimum absolute atomic E-state index is 0.0235. The van der Waals surface area contributed by atoms with Crippen LogP contribution in [0.5, 0.6) is 0 Å². The van der Waals surface area contributed by atoms with Crippen molar-refractivity contribution in [3.05, 3.63) is 0 Å². The summed E-state index contributed by atoms with van der Waals surface area (Å²) < 4.78 is 40.4. The van der Waals surface area contributed by atoms with Gasteiger partial charge in [-0.15, -0.1) is 0 Å². The molecule has 1 aliphatic carbocycles. The number of hydrogen-bond donors (Lipinski definition) is 1. The highest BCUT2D eigenvalue weighted by molar-refractivity contribution is 4.84. The lowest BCUT2D eigenvalue weighted by Gasteiger charge is -2.34. The number of nitrogens with two attached hydrogens (primary N) is 1. The van der Waals surface area contributed by atoms with Crippen LogP contribution >= 0.6 is 0 Å². The zero-order valence-electron chi connectivity index (χ0n) is 6.77. The van der Waals surface area contributed by atoms with Crippen molar-refractivity contribution in [1.29, 1.82) is 0 Å². The molecule has 72 valence electrons. The highest BCUT2D eigenvalue weighted by Crippen LogP contribution is 2.29. The van der Waals surface area contributed by atoms with E-state index in [9.17, 15) is 13.2 Å². The first-order chi connectivity index (χ1) is 5.39. The van der Waals surface area contributed by atoms with Gasteiger partial charge in [0, 0.05) is 6.04 Å². The number of ether oxygens (including phenoxy) is 1. The van der Waals surface area contributed by atoms with Gasteiger partial charge in [-0.05, 0) is 19.8 Å². The topological polar surface area (TPSA) is 35.2 Å². The average molecular weight is 183 g/mol. The van der Waals surface area contributed by atoms with Gasteiger partial charge < -0.3 is 10.5 Å². The first-order valence-corrected chi connectivity index (χ1v) is 3.87. The molecule has 1 atom stereocenters. The third-order valence-electron chi connectivity index (χ3n) is 1.99. The van der Waals surface area contributed by atoms with Crippen LogP contribution in [-0.2, 0) is 4.74 Å². The van der Waals surface area contributed by atoms with E-state index in [4.69, 9.17) is 10.5 Å². The summed E-state index contributed by atoms with van der Waals surface area (Å²) in [5.74, 6) is 0. The van der Waals surface area contributed by atoms with Crippen LogP contribution in [0.3, 0.4) is 0 Å². The monoisotopic (exact) mass is 183 g/mol. The summed E-state index contributed by atoms with van der Waals surface area (Å²) in [6.45, 7) is 1.02. The summed E-state index contributed by atoms with van der Waals surface area (Å²) in [4.78, 5) is 0. The molecule has 0 aromatic rings. The van der Waals surface area contributed by atoms with Crippen LogP contribution in [0.4, 0.5) is 13.2 Å². The number of alkyl halides is 3. The van der Waals surface area contributed by atoms with Crippen LogP contribution in [-0.4, -0.2) is 24.4 Å². The normalized spacial score (nSPS) is 32.8. The molecule has 1 fully saturated rings. The van der Waals surface area contributed by atoms with E-state index in [-0.39, 0.29) is 12.1 Å². The maximum atomic E-state index is 11.9. The Morgan fingerprint density at radius 3 is 2.25 bits per heavy atom. The molecule has 2 nitrogen and oxygen atoms in total. The SMILES string of the molecule is CC(OC1CC(N)C1)C(F)(F)F. The molecule has 0 aromatic carbocycles. The minimum atomic E-state index is -4.25. The van der Waals surface area contributed by atoms with Crippen molar-refractivity contribution in [1.82, 2.24) is 0 Å². The predicted octanol–water partition coefficient (Wildman–Crippen LogP) is 1.44. The number of halogens is 3. The van der Waals surface area contributed by atoms with Gasteiger partial charge >= 0.3 is 6.18 Å². The minimum Gasteiger partial charge on any atom is -0.366 e. The second kappa shape index (κ2) is 3.22. The third-order valence-corrected chi connectivity index (χ3v) is 1.99. The Hall–Kier alpha value is -0.290. The molecule has 0 amide bonds. The molecule has 1 saturated carbocycles. The lowest BCUT2D eigenvalue weighted by Crippen LogP contribution is -2.45. The Morgan fingerprint density at radius 1 is 1.42 bits per heavy atom. The van der Waals surface area contributed by atoms with Crippen molar-refractivity contribution in [3.63, 3.8) is 0 Å². The molecule has 1 unspecified atom stereocenters. The van der Waals surface area contributed by atoms with E-state index >= 15 is 0 Å². The van der Waals surface area contributed by atoms with Gasteiger partial charge in [-0.3, -0.25) is 0 Å². The molecule has 0 heterocycles. The zero-order valence-corrected chi connectivity index (χ0v) is 6.77. The van der Waals surface area contributed by atoms with Gasteiger partial charge in [-0.2, -0.15) is 13.2 Å². The highest BCUT2D eigenvalue weighted by Gasteiger charge is 2.40. The van der Waals surface area contributed by atoms with Crippen LogP contribution in [0.1, 0.15) is 19.8 Å². The number of hydrogen-bond acceptors (Lipinski definition) is 2. The second-order valence-corrected chi connectivity index (χ2v) is 3.17. The summed E-state index contributed by atoms with van der Waals surface area (Å²) in [7, 11) is 0.